The van der Waals surface area contributed by atoms with Crippen LogP contribution < -0.4 is 5.32 Å². The van der Waals surface area contributed by atoms with Crippen molar-refractivity contribution in [1.29, 1.82) is 5.26 Å². The van der Waals surface area contributed by atoms with Crippen LogP contribution in [-0.2, 0) is 10.2 Å². The van der Waals surface area contributed by atoms with Gasteiger partial charge >= 0.3 is 5.97 Å². The maximum atomic E-state index is 12.2. The van der Waals surface area contributed by atoms with E-state index in [4.69, 9.17) is 11.6 Å². The van der Waals surface area contributed by atoms with Crippen LogP contribution in [0.1, 0.15) is 37.1 Å². The van der Waals surface area contributed by atoms with Crippen molar-refractivity contribution in [1.82, 2.24) is 5.32 Å². The highest BCUT2D eigenvalue weighted by atomic mass is 79.9. The van der Waals surface area contributed by atoms with E-state index in [1.807, 2.05) is 38.3 Å². The van der Waals surface area contributed by atoms with Crippen molar-refractivity contribution in [2.75, 3.05) is 0 Å². The van der Waals surface area contributed by atoms with E-state index in [1.54, 1.807) is 18.2 Å². The van der Waals surface area contributed by atoms with E-state index in [1.165, 1.54) is 11.3 Å². The predicted octanol–water partition coefficient (Wildman–Crippen LogP) is 5.18. The summed E-state index contributed by atoms with van der Waals surface area (Å²) in [5, 5.41) is 26.2. The fraction of sp³-hybridized carbons (Fsp3) is 0.400. The van der Waals surface area contributed by atoms with E-state index in [0.717, 1.165) is 14.9 Å². The van der Waals surface area contributed by atoms with Gasteiger partial charge in [-0.15, -0.1) is 11.3 Å². The Hall–Kier alpha value is -1.39. The number of hydrogen-bond acceptors (Lipinski definition) is 4. The Morgan fingerprint density at radius 2 is 2.11 bits per heavy atom. The summed E-state index contributed by atoms with van der Waals surface area (Å²) in [5.74, 6) is -1.55. The van der Waals surface area contributed by atoms with Gasteiger partial charge in [0.25, 0.3) is 0 Å². The van der Waals surface area contributed by atoms with E-state index < -0.39 is 23.3 Å². The van der Waals surface area contributed by atoms with Crippen LogP contribution in [0.25, 0.3) is 0 Å². The van der Waals surface area contributed by atoms with E-state index >= 15 is 0 Å². The molecule has 4 nitrogen and oxygen atoms in total. The Bertz CT molecular complexity index is 917. The molecule has 1 aromatic heterocycles. The highest BCUT2D eigenvalue weighted by Crippen LogP contribution is 2.54. The number of carboxylic acids is 1. The van der Waals surface area contributed by atoms with Crippen molar-refractivity contribution in [3.8, 4) is 6.07 Å². The Labute approximate surface area is 176 Å². The maximum Gasteiger partial charge on any atom is 0.321 e. The zero-order valence-corrected chi connectivity index (χ0v) is 18.3. The highest BCUT2D eigenvalue weighted by Gasteiger charge is 2.62. The molecule has 0 unspecified atom stereocenters. The molecule has 1 aliphatic heterocycles. The second kappa shape index (κ2) is 7.21. The lowest BCUT2D eigenvalue weighted by Gasteiger charge is -2.39. The first kappa shape index (κ1) is 20.3. The number of benzene rings is 1. The molecule has 2 N–H and O–H groups in total. The van der Waals surface area contributed by atoms with E-state index in [0.29, 0.717) is 5.02 Å². The average molecular weight is 468 g/mol. The molecule has 2 heterocycles. The predicted molar refractivity (Wildman–Crippen MR) is 111 cm³/mol. The minimum Gasteiger partial charge on any atom is -0.480 e. The number of carboxylic acid groups (broad SMARTS) is 1. The van der Waals surface area contributed by atoms with Gasteiger partial charge in [-0.1, -0.05) is 44.5 Å². The number of halogens is 2. The Morgan fingerprint density at radius 3 is 2.59 bits per heavy atom. The molecule has 1 fully saturated rings. The second-order valence-corrected chi connectivity index (χ2v) is 10.2. The van der Waals surface area contributed by atoms with Gasteiger partial charge in [0.2, 0.25) is 0 Å². The molecule has 0 radical (unpaired) electrons. The van der Waals surface area contributed by atoms with Gasteiger partial charge in [0.15, 0.2) is 0 Å². The van der Waals surface area contributed by atoms with E-state index in [-0.39, 0.29) is 11.5 Å². The van der Waals surface area contributed by atoms with Crippen LogP contribution in [-0.4, -0.2) is 23.2 Å². The minimum absolute atomic E-state index is 0.340. The number of rotatable bonds is 3. The molecular formula is C20H20BrClN2O2S. The van der Waals surface area contributed by atoms with E-state index in [2.05, 4.69) is 27.3 Å². The van der Waals surface area contributed by atoms with Gasteiger partial charge in [-0.2, -0.15) is 5.26 Å². The molecule has 1 saturated heterocycles. The molecule has 0 saturated carbocycles. The Morgan fingerprint density at radius 1 is 1.41 bits per heavy atom. The second-order valence-electron chi connectivity index (χ2n) is 7.92. The molecule has 142 valence electrons. The summed E-state index contributed by atoms with van der Waals surface area (Å²) in [5.41, 5.74) is -0.629. The van der Waals surface area contributed by atoms with Crippen molar-refractivity contribution in [3.05, 3.63) is 55.6 Å². The molecule has 1 aliphatic rings. The summed E-state index contributed by atoms with van der Waals surface area (Å²) in [4.78, 5) is 13.0. The third-order valence-corrected chi connectivity index (χ3v) is 7.20. The number of nitrogens with one attached hydrogen (secondary N) is 1. The molecule has 0 amide bonds. The fourth-order valence-corrected chi connectivity index (χ4v) is 6.01. The molecule has 2 aromatic rings. The number of nitrogens with zero attached hydrogens (tertiary/aromatic N) is 1. The molecule has 7 heteroatoms. The number of thiophene rings is 1. The minimum atomic E-state index is -1.04. The molecule has 1 aromatic carbocycles. The quantitative estimate of drug-likeness (QED) is 0.652. The van der Waals surface area contributed by atoms with Crippen molar-refractivity contribution in [2.24, 2.45) is 5.41 Å². The maximum absolute atomic E-state index is 12.2. The third-order valence-electron chi connectivity index (χ3n) is 5.13. The lowest BCUT2D eigenvalue weighted by atomic mass is 9.63. The molecular weight excluding hydrogens is 448 g/mol. The van der Waals surface area contributed by atoms with Crippen LogP contribution in [0.2, 0.25) is 5.02 Å². The smallest absolute Gasteiger partial charge is 0.321 e. The molecule has 4 atom stereocenters. The fourth-order valence-electron chi connectivity index (χ4n) is 4.17. The van der Waals surface area contributed by atoms with Gasteiger partial charge in [-0.25, -0.2) is 0 Å². The summed E-state index contributed by atoms with van der Waals surface area (Å²) in [7, 11) is 0. The first-order valence-electron chi connectivity index (χ1n) is 8.51. The van der Waals surface area contributed by atoms with E-state index in [9.17, 15) is 15.2 Å². The van der Waals surface area contributed by atoms with Gasteiger partial charge in [0.05, 0.1) is 6.07 Å². The summed E-state index contributed by atoms with van der Waals surface area (Å²) >= 11 is 11.2. The molecule has 0 spiro atoms. The van der Waals surface area contributed by atoms with Crippen LogP contribution >= 0.6 is 38.9 Å². The monoisotopic (exact) mass is 466 g/mol. The lowest BCUT2D eigenvalue weighted by Crippen LogP contribution is -2.49. The summed E-state index contributed by atoms with van der Waals surface area (Å²) < 4.78 is 0.883. The van der Waals surface area contributed by atoms with Crippen molar-refractivity contribution in [3.63, 3.8) is 0 Å². The van der Waals surface area contributed by atoms with Crippen molar-refractivity contribution < 1.29 is 9.90 Å². The SMILES string of the molecule is CC(C)(C)[C@@H]1N[C@@H](C(=O)O)[C@H](c2cccc(Cl)c2)[C@@]1(C#N)c1cc(Br)cs1. The van der Waals surface area contributed by atoms with Crippen molar-refractivity contribution in [2.45, 2.75) is 44.2 Å². The molecule has 0 aliphatic carbocycles. The van der Waals surface area contributed by atoms with Gasteiger partial charge in [0.1, 0.15) is 11.5 Å². The van der Waals surface area contributed by atoms with Crippen LogP contribution in [0, 0.1) is 16.7 Å². The summed E-state index contributed by atoms with van der Waals surface area (Å²) in [6.07, 6.45) is 0. The standard InChI is InChI=1S/C20H20BrClN2O2S/c1-19(2,3)18-20(10-23,14-8-12(21)9-27-14)15(16(24-18)17(25)26)11-5-4-6-13(22)7-11/h4-9,15-16,18,24H,1-3H3,(H,25,26)/t15-,16+,18-,20+/m0/s1. The van der Waals surface area contributed by atoms with Gasteiger partial charge in [-0.05, 0) is 45.1 Å². The zero-order chi connectivity index (χ0) is 20.0. The third kappa shape index (κ3) is 3.42. The molecule has 3 rings (SSSR count). The molecule has 0 bridgehead atoms. The number of nitriles is 1. The van der Waals surface area contributed by atoms with Crippen LogP contribution in [0.5, 0.6) is 0 Å². The summed E-state index contributed by atoms with van der Waals surface area (Å²) in [6, 6.07) is 10.4. The first-order valence-corrected chi connectivity index (χ1v) is 10.6. The van der Waals surface area contributed by atoms with Crippen LogP contribution in [0.4, 0.5) is 0 Å². The van der Waals surface area contributed by atoms with Gasteiger partial charge < -0.3 is 5.11 Å². The van der Waals surface area contributed by atoms with Gasteiger partial charge in [-0.3, -0.25) is 10.1 Å². The van der Waals surface area contributed by atoms with Gasteiger partial charge in [0, 0.05) is 31.7 Å². The molecule has 27 heavy (non-hydrogen) atoms. The first-order chi connectivity index (χ1) is 12.6. The average Bonchev–Trinajstić information content (AvgIpc) is 3.16. The number of hydrogen-bond donors (Lipinski definition) is 2. The Balaban J connectivity index is 2.33. The number of aliphatic carboxylic acids is 1. The zero-order valence-electron chi connectivity index (χ0n) is 15.2. The highest BCUT2D eigenvalue weighted by molar-refractivity contribution is 9.10. The number of carbonyl (C=O) groups is 1. The van der Waals surface area contributed by atoms with Crippen LogP contribution in [0.3, 0.4) is 0 Å². The summed E-state index contributed by atoms with van der Waals surface area (Å²) in [6.45, 7) is 6.08. The topological polar surface area (TPSA) is 73.1 Å². The lowest BCUT2D eigenvalue weighted by molar-refractivity contribution is -0.139. The normalized spacial score (nSPS) is 28.1. The van der Waals surface area contributed by atoms with Crippen molar-refractivity contribution >= 4 is 44.8 Å². The Kier molecular flexibility index (Phi) is 5.44. The van der Waals surface area contributed by atoms with Crippen LogP contribution in [0.15, 0.2) is 40.2 Å². The largest absolute Gasteiger partial charge is 0.480 e.